The van der Waals surface area contributed by atoms with E-state index in [1.165, 1.54) is 0 Å². The first-order valence-electron chi connectivity index (χ1n) is 2.44. The molecule has 0 atom stereocenters. The van der Waals surface area contributed by atoms with Crippen molar-refractivity contribution in [2.24, 2.45) is 0 Å². The van der Waals surface area contributed by atoms with Crippen LogP contribution in [0.5, 0.6) is 0 Å². The molecule has 0 bridgehead atoms. The van der Waals surface area contributed by atoms with Crippen LogP contribution in [0.1, 0.15) is 5.69 Å². The minimum atomic E-state index is 0. The van der Waals surface area contributed by atoms with Gasteiger partial charge in [-0.3, -0.25) is 4.98 Å². The topological polar surface area (TPSA) is 33.1 Å². The monoisotopic (exact) mass is 181 g/mol. The number of aliphatic hydroxyl groups is 1. The zero-order valence-electron chi connectivity index (χ0n) is 5.23. The molecular weight excluding hydrogens is 173 g/mol. The third kappa shape index (κ3) is 3.67. The fourth-order valence-electron chi connectivity index (χ4n) is 0.492. The summed E-state index contributed by atoms with van der Waals surface area (Å²) in [5.41, 5.74) is 0.715. The van der Waals surface area contributed by atoms with Gasteiger partial charge in [0.25, 0.3) is 0 Å². The van der Waals surface area contributed by atoms with E-state index in [1.54, 1.807) is 12.3 Å². The minimum absolute atomic E-state index is 0. The summed E-state index contributed by atoms with van der Waals surface area (Å²) < 4.78 is 0. The highest BCUT2D eigenvalue weighted by Gasteiger charge is 1.82. The van der Waals surface area contributed by atoms with Crippen LogP contribution >= 0.6 is 24.8 Å². The first kappa shape index (κ1) is 12.4. The van der Waals surface area contributed by atoms with Crippen molar-refractivity contribution in [2.45, 2.75) is 6.61 Å². The lowest BCUT2D eigenvalue weighted by Crippen LogP contribution is -1.84. The Hall–Kier alpha value is -0.310. The molecule has 0 fully saturated rings. The molecule has 0 aliphatic heterocycles. The fourth-order valence-corrected chi connectivity index (χ4v) is 0.492. The Balaban J connectivity index is 0. The molecule has 1 N–H and O–H groups in total. The van der Waals surface area contributed by atoms with Gasteiger partial charge in [-0.25, -0.2) is 0 Å². The van der Waals surface area contributed by atoms with Gasteiger partial charge in [0.05, 0.1) is 12.3 Å². The van der Waals surface area contributed by atoms with Crippen LogP contribution in [-0.2, 0) is 6.61 Å². The molecule has 0 saturated heterocycles. The van der Waals surface area contributed by atoms with E-state index in [0.29, 0.717) is 5.69 Å². The van der Waals surface area contributed by atoms with Crippen molar-refractivity contribution in [3.63, 3.8) is 0 Å². The third-order valence-electron chi connectivity index (χ3n) is 0.888. The molecule has 0 aromatic carbocycles. The van der Waals surface area contributed by atoms with Crippen LogP contribution in [0, 0.1) is 0 Å². The standard InChI is InChI=1S/C6H7NO.2ClH/c8-5-6-3-1-2-4-7-6;;/h1-4,8H,5H2;2*1H. The van der Waals surface area contributed by atoms with Crippen LogP contribution in [-0.4, -0.2) is 10.1 Å². The van der Waals surface area contributed by atoms with Crippen LogP contribution in [0.3, 0.4) is 0 Å². The molecule has 1 aromatic heterocycles. The van der Waals surface area contributed by atoms with Crippen LogP contribution in [0.15, 0.2) is 24.4 Å². The maximum atomic E-state index is 8.48. The normalized spacial score (nSPS) is 7.30. The van der Waals surface area contributed by atoms with Gasteiger partial charge in [-0.05, 0) is 12.1 Å². The van der Waals surface area contributed by atoms with Crippen molar-refractivity contribution in [1.82, 2.24) is 4.98 Å². The van der Waals surface area contributed by atoms with E-state index >= 15 is 0 Å². The number of hydrogen-bond donors (Lipinski definition) is 1. The van der Waals surface area contributed by atoms with E-state index in [-0.39, 0.29) is 31.4 Å². The first-order chi connectivity index (χ1) is 3.93. The summed E-state index contributed by atoms with van der Waals surface area (Å²) in [7, 11) is 0. The SMILES string of the molecule is Cl.Cl.OCc1ccccn1. The molecule has 2 nitrogen and oxygen atoms in total. The van der Waals surface area contributed by atoms with Crippen molar-refractivity contribution in [3.05, 3.63) is 30.1 Å². The van der Waals surface area contributed by atoms with Gasteiger partial charge in [0.2, 0.25) is 0 Å². The Labute approximate surface area is 72.1 Å². The predicted molar refractivity (Wildman–Crippen MR) is 44.7 cm³/mol. The van der Waals surface area contributed by atoms with Gasteiger partial charge >= 0.3 is 0 Å². The molecule has 0 spiro atoms. The Morgan fingerprint density at radius 1 is 1.30 bits per heavy atom. The Morgan fingerprint density at radius 2 is 2.00 bits per heavy atom. The number of pyridine rings is 1. The van der Waals surface area contributed by atoms with Gasteiger partial charge in [0, 0.05) is 6.20 Å². The highest BCUT2D eigenvalue weighted by atomic mass is 35.5. The summed E-state index contributed by atoms with van der Waals surface area (Å²) in [6, 6.07) is 5.44. The molecule has 4 heteroatoms. The molecule has 0 radical (unpaired) electrons. The molecule has 10 heavy (non-hydrogen) atoms. The second-order valence-corrected chi connectivity index (χ2v) is 1.48. The van der Waals surface area contributed by atoms with E-state index in [0.717, 1.165) is 0 Å². The van der Waals surface area contributed by atoms with E-state index in [9.17, 15) is 0 Å². The Morgan fingerprint density at radius 3 is 2.30 bits per heavy atom. The van der Waals surface area contributed by atoms with Gasteiger partial charge in [-0.1, -0.05) is 6.07 Å². The van der Waals surface area contributed by atoms with Gasteiger partial charge in [-0.15, -0.1) is 24.8 Å². The number of nitrogens with zero attached hydrogens (tertiary/aromatic N) is 1. The number of rotatable bonds is 1. The maximum absolute atomic E-state index is 8.48. The Bertz CT molecular complexity index is 157. The Kier molecular flexibility index (Phi) is 8.42. The molecule has 0 aliphatic carbocycles. The average molecular weight is 182 g/mol. The number of halogens is 2. The molecule has 1 aromatic rings. The quantitative estimate of drug-likeness (QED) is 0.712. The third-order valence-corrected chi connectivity index (χ3v) is 0.888. The summed E-state index contributed by atoms with van der Waals surface area (Å²) in [5.74, 6) is 0. The van der Waals surface area contributed by atoms with Gasteiger partial charge in [-0.2, -0.15) is 0 Å². The maximum Gasteiger partial charge on any atom is 0.0852 e. The van der Waals surface area contributed by atoms with Gasteiger partial charge in [0.15, 0.2) is 0 Å². The molecular formula is C6H9Cl2NO. The summed E-state index contributed by atoms with van der Waals surface area (Å²) in [6.07, 6.45) is 1.66. The lowest BCUT2D eigenvalue weighted by Gasteiger charge is -1.88. The van der Waals surface area contributed by atoms with Crippen molar-refractivity contribution in [1.29, 1.82) is 0 Å². The average Bonchev–Trinajstić information content (AvgIpc) is 1.90. The zero-order valence-corrected chi connectivity index (χ0v) is 6.86. The number of aliphatic hydroxyl groups excluding tert-OH is 1. The van der Waals surface area contributed by atoms with Gasteiger partial charge < -0.3 is 5.11 Å². The second-order valence-electron chi connectivity index (χ2n) is 1.48. The van der Waals surface area contributed by atoms with E-state index in [2.05, 4.69) is 4.98 Å². The minimum Gasteiger partial charge on any atom is -0.390 e. The summed E-state index contributed by atoms with van der Waals surface area (Å²) in [4.78, 5) is 3.85. The predicted octanol–water partition coefficient (Wildman–Crippen LogP) is 1.42. The molecule has 58 valence electrons. The van der Waals surface area contributed by atoms with Crippen molar-refractivity contribution >= 4 is 24.8 Å². The van der Waals surface area contributed by atoms with Crippen molar-refractivity contribution in [3.8, 4) is 0 Å². The zero-order chi connectivity index (χ0) is 5.82. The molecule has 0 unspecified atom stereocenters. The van der Waals surface area contributed by atoms with Gasteiger partial charge in [0.1, 0.15) is 0 Å². The van der Waals surface area contributed by atoms with Crippen LogP contribution in [0.4, 0.5) is 0 Å². The summed E-state index contributed by atoms with van der Waals surface area (Å²) >= 11 is 0. The molecule has 0 amide bonds. The van der Waals surface area contributed by atoms with Crippen LogP contribution in [0.2, 0.25) is 0 Å². The summed E-state index contributed by atoms with van der Waals surface area (Å²) in [5, 5.41) is 8.48. The number of aromatic nitrogens is 1. The van der Waals surface area contributed by atoms with Crippen LogP contribution in [0.25, 0.3) is 0 Å². The molecule has 0 aliphatic rings. The fraction of sp³-hybridized carbons (Fsp3) is 0.167. The smallest absolute Gasteiger partial charge is 0.0852 e. The second kappa shape index (κ2) is 6.81. The first-order valence-corrected chi connectivity index (χ1v) is 2.44. The summed E-state index contributed by atoms with van der Waals surface area (Å²) in [6.45, 7) is 0.0286. The molecule has 1 rings (SSSR count). The lowest BCUT2D eigenvalue weighted by atomic mass is 10.4. The van der Waals surface area contributed by atoms with E-state index in [4.69, 9.17) is 5.11 Å². The van der Waals surface area contributed by atoms with Crippen molar-refractivity contribution < 1.29 is 5.11 Å². The number of hydrogen-bond acceptors (Lipinski definition) is 2. The highest BCUT2D eigenvalue weighted by Crippen LogP contribution is 1.89. The van der Waals surface area contributed by atoms with E-state index < -0.39 is 0 Å². The largest absolute Gasteiger partial charge is 0.390 e. The molecule has 1 heterocycles. The van der Waals surface area contributed by atoms with E-state index in [1.807, 2.05) is 12.1 Å². The molecule has 0 saturated carbocycles. The highest BCUT2D eigenvalue weighted by molar-refractivity contribution is 5.85. The van der Waals surface area contributed by atoms with Crippen molar-refractivity contribution in [2.75, 3.05) is 0 Å². The lowest BCUT2D eigenvalue weighted by molar-refractivity contribution is 0.277. The van der Waals surface area contributed by atoms with Crippen LogP contribution < -0.4 is 0 Å².